The minimum absolute atomic E-state index is 0.00693. The molecular weight excluding hydrogens is 517 g/mol. The van der Waals surface area contributed by atoms with E-state index in [1.807, 2.05) is 48.5 Å². The zero-order valence-electron chi connectivity index (χ0n) is 20.9. The van der Waals surface area contributed by atoms with Gasteiger partial charge in [0.15, 0.2) is 0 Å². The average Bonchev–Trinajstić information content (AvgIpc) is 3.23. The molecule has 8 heteroatoms. The monoisotopic (exact) mass is 538 g/mol. The van der Waals surface area contributed by atoms with Gasteiger partial charge in [0.1, 0.15) is 0 Å². The molecule has 4 aromatic carbocycles. The topological polar surface area (TPSA) is 66.5 Å². The van der Waals surface area contributed by atoms with Crippen LogP contribution in [0.15, 0.2) is 97.1 Å². The van der Waals surface area contributed by atoms with Crippen molar-refractivity contribution in [3.05, 3.63) is 130 Å². The van der Waals surface area contributed by atoms with Gasteiger partial charge in [0.05, 0.1) is 23.1 Å². The smallest absolute Gasteiger partial charge is 0.322 e. The van der Waals surface area contributed by atoms with Crippen LogP contribution < -0.4 is 10.2 Å². The average molecular weight is 539 g/mol. The second-order valence-electron chi connectivity index (χ2n) is 10.4. The lowest BCUT2D eigenvalue weighted by atomic mass is 9.55. The molecule has 5 nitrogen and oxygen atoms in total. The van der Waals surface area contributed by atoms with E-state index in [0.29, 0.717) is 5.69 Å². The van der Waals surface area contributed by atoms with Crippen molar-refractivity contribution in [3.63, 3.8) is 0 Å². The number of carbonyl (C=O) groups is 3. The predicted octanol–water partition coefficient (Wildman–Crippen LogP) is 6.35. The summed E-state index contributed by atoms with van der Waals surface area (Å²) in [5.41, 5.74) is 3.99. The lowest BCUT2D eigenvalue weighted by Crippen LogP contribution is -2.41. The van der Waals surface area contributed by atoms with E-state index in [1.165, 1.54) is 41.3 Å². The Bertz CT molecular complexity index is 1600. The van der Waals surface area contributed by atoms with Crippen molar-refractivity contribution in [1.82, 2.24) is 0 Å². The van der Waals surface area contributed by atoms with Gasteiger partial charge in [-0.1, -0.05) is 54.6 Å². The van der Waals surface area contributed by atoms with Crippen molar-refractivity contribution in [1.29, 1.82) is 0 Å². The van der Waals surface area contributed by atoms with E-state index in [9.17, 15) is 27.6 Å². The van der Waals surface area contributed by atoms with Gasteiger partial charge in [-0.25, -0.2) is 4.90 Å². The molecule has 1 N–H and O–H groups in total. The molecule has 3 amide bonds. The summed E-state index contributed by atoms with van der Waals surface area (Å²) in [4.78, 5) is 41.7. The number of carbonyl (C=O) groups excluding carboxylic acids is 3. The van der Waals surface area contributed by atoms with Gasteiger partial charge in [0.2, 0.25) is 11.8 Å². The summed E-state index contributed by atoms with van der Waals surface area (Å²) in [5, 5.41) is 2.47. The second-order valence-corrected chi connectivity index (χ2v) is 10.4. The van der Waals surface area contributed by atoms with Gasteiger partial charge in [-0.05, 0) is 64.7 Å². The fourth-order valence-electron chi connectivity index (χ4n) is 6.67. The molecule has 1 heterocycles. The minimum atomic E-state index is -4.53. The molecule has 1 saturated heterocycles. The maximum absolute atomic E-state index is 13.9. The zero-order chi connectivity index (χ0) is 27.8. The first-order chi connectivity index (χ1) is 19.2. The maximum Gasteiger partial charge on any atom is 0.416 e. The van der Waals surface area contributed by atoms with E-state index in [1.54, 1.807) is 0 Å². The Morgan fingerprint density at radius 3 is 1.65 bits per heavy atom. The third-order valence-electron chi connectivity index (χ3n) is 8.28. The largest absolute Gasteiger partial charge is 0.416 e. The summed E-state index contributed by atoms with van der Waals surface area (Å²) in [6, 6.07) is 26.3. The molecule has 8 rings (SSSR count). The third-order valence-corrected chi connectivity index (χ3v) is 8.28. The number of benzene rings is 4. The van der Waals surface area contributed by atoms with Crippen molar-refractivity contribution in [2.75, 3.05) is 10.2 Å². The van der Waals surface area contributed by atoms with E-state index >= 15 is 0 Å². The first-order valence-corrected chi connectivity index (χ1v) is 12.9. The Labute approximate surface area is 227 Å². The van der Waals surface area contributed by atoms with Gasteiger partial charge in [-0.2, -0.15) is 13.2 Å². The molecule has 40 heavy (non-hydrogen) atoms. The number of nitrogens with zero attached hydrogens (tertiary/aromatic N) is 1. The predicted molar refractivity (Wildman–Crippen MR) is 142 cm³/mol. The highest BCUT2D eigenvalue weighted by Crippen LogP contribution is 2.61. The maximum atomic E-state index is 13.9. The summed E-state index contributed by atoms with van der Waals surface area (Å²) < 4.78 is 39.1. The van der Waals surface area contributed by atoms with Crippen LogP contribution in [0.2, 0.25) is 0 Å². The molecule has 2 atom stereocenters. The first-order valence-electron chi connectivity index (χ1n) is 12.9. The highest BCUT2D eigenvalue weighted by atomic mass is 19.4. The first kappa shape index (κ1) is 24.3. The number of hydrogen-bond donors (Lipinski definition) is 1. The number of hydrogen-bond acceptors (Lipinski definition) is 3. The fourth-order valence-corrected chi connectivity index (χ4v) is 6.67. The van der Waals surface area contributed by atoms with Crippen molar-refractivity contribution in [2.45, 2.75) is 18.0 Å². The van der Waals surface area contributed by atoms with Crippen LogP contribution in [0.3, 0.4) is 0 Å². The van der Waals surface area contributed by atoms with Crippen LogP contribution in [0, 0.1) is 11.8 Å². The van der Waals surface area contributed by atoms with Gasteiger partial charge < -0.3 is 5.32 Å². The number of amides is 3. The zero-order valence-corrected chi connectivity index (χ0v) is 20.9. The van der Waals surface area contributed by atoms with Crippen LogP contribution in [0.1, 0.15) is 50.0 Å². The number of anilines is 2. The summed E-state index contributed by atoms with van der Waals surface area (Å²) in [6.07, 6.45) is -4.53. The molecule has 1 fully saturated rings. The van der Waals surface area contributed by atoms with Crippen molar-refractivity contribution >= 4 is 29.1 Å². The van der Waals surface area contributed by atoms with Gasteiger partial charge in [-0.3, -0.25) is 14.4 Å². The molecule has 4 aliphatic rings. The van der Waals surface area contributed by atoms with Crippen LogP contribution >= 0.6 is 0 Å². The molecule has 2 bridgehead atoms. The Kier molecular flexibility index (Phi) is 5.26. The number of alkyl halides is 3. The number of nitrogens with one attached hydrogen (secondary N) is 1. The molecular formula is C32H21F3N2O3. The summed E-state index contributed by atoms with van der Waals surface area (Å²) >= 11 is 0. The molecule has 4 aromatic rings. The Balaban J connectivity index is 1.18. The van der Waals surface area contributed by atoms with Crippen LogP contribution in [0.4, 0.5) is 24.5 Å². The van der Waals surface area contributed by atoms with Crippen molar-refractivity contribution in [2.24, 2.45) is 11.8 Å². The summed E-state index contributed by atoms with van der Waals surface area (Å²) in [7, 11) is 0. The lowest BCUT2D eigenvalue weighted by Gasteiger charge is -2.45. The van der Waals surface area contributed by atoms with Crippen molar-refractivity contribution < 1.29 is 27.6 Å². The molecule has 0 spiro atoms. The van der Waals surface area contributed by atoms with E-state index in [0.717, 1.165) is 34.4 Å². The Morgan fingerprint density at radius 2 is 1.18 bits per heavy atom. The highest BCUT2D eigenvalue weighted by Gasteiger charge is 2.61. The second kappa shape index (κ2) is 8.64. The molecule has 198 valence electrons. The van der Waals surface area contributed by atoms with E-state index in [2.05, 4.69) is 5.32 Å². The quantitative estimate of drug-likeness (QED) is 0.309. The van der Waals surface area contributed by atoms with Gasteiger partial charge in [0, 0.05) is 23.1 Å². The Morgan fingerprint density at radius 1 is 0.675 bits per heavy atom. The SMILES string of the molecule is O=C(Nc1cccc(C(F)(F)F)c1)c1ccc(N2C(=O)[C@@H]3C4c5ccccc5C(c5ccccc54)[C@H]3C2=O)cc1. The van der Waals surface area contributed by atoms with Crippen LogP contribution in [0.25, 0.3) is 0 Å². The van der Waals surface area contributed by atoms with Gasteiger partial charge >= 0.3 is 6.18 Å². The minimum Gasteiger partial charge on any atom is -0.322 e. The fraction of sp³-hybridized carbons (Fsp3) is 0.156. The number of rotatable bonds is 3. The molecule has 0 aromatic heterocycles. The van der Waals surface area contributed by atoms with E-state index in [-0.39, 0.29) is 34.9 Å². The molecule has 0 radical (unpaired) electrons. The summed E-state index contributed by atoms with van der Waals surface area (Å²) in [5.74, 6) is -2.63. The van der Waals surface area contributed by atoms with E-state index in [4.69, 9.17) is 0 Å². The van der Waals surface area contributed by atoms with Crippen LogP contribution in [0.5, 0.6) is 0 Å². The molecule has 0 saturated carbocycles. The summed E-state index contributed by atoms with van der Waals surface area (Å²) in [6.45, 7) is 0. The highest BCUT2D eigenvalue weighted by molar-refractivity contribution is 6.23. The van der Waals surface area contributed by atoms with Gasteiger partial charge in [-0.15, -0.1) is 0 Å². The van der Waals surface area contributed by atoms with Crippen LogP contribution in [-0.4, -0.2) is 17.7 Å². The number of imide groups is 1. The third kappa shape index (κ3) is 3.52. The molecule has 0 unspecified atom stereocenters. The molecule has 3 aliphatic carbocycles. The van der Waals surface area contributed by atoms with Gasteiger partial charge in [0.25, 0.3) is 5.91 Å². The Hall–Kier alpha value is -4.72. The standard InChI is InChI=1S/C32H21F3N2O3/c33-32(34,35)18-6-5-7-19(16-18)36-29(38)17-12-14-20(15-13-17)37-30(39)27-25-21-8-1-2-9-22(21)26(28(27)31(37)40)24-11-4-3-10-23(24)25/h1-16,25-28H,(H,36,38)/t25?,26?,27-,28-/m1/s1. The number of halogens is 3. The lowest BCUT2D eigenvalue weighted by molar-refractivity contribution is -0.137. The molecule has 1 aliphatic heterocycles. The van der Waals surface area contributed by atoms with Crippen LogP contribution in [-0.2, 0) is 15.8 Å². The van der Waals surface area contributed by atoms with Crippen molar-refractivity contribution in [3.8, 4) is 0 Å². The normalized spacial score (nSPS) is 22.5. The van der Waals surface area contributed by atoms with E-state index < -0.39 is 29.5 Å².